The second-order valence-electron chi connectivity index (χ2n) is 7.49. The van der Waals surface area contributed by atoms with Crippen molar-refractivity contribution in [2.24, 2.45) is 0 Å². The second kappa shape index (κ2) is 11.0. The van der Waals surface area contributed by atoms with Crippen molar-refractivity contribution in [1.29, 1.82) is 0 Å². The maximum Gasteiger partial charge on any atom is 0.493 e. The standard InChI is InChI=1S/C26H28BNO3/c1-28-16-19-29-25-14-10-23(11-15-25)26(20-21-6-3-2-4-7-21)22-8-12-24(13-9-22)27-30-17-5-18-31-27/h2-4,6-15,20,28H,5,16-19H2,1H3. The summed E-state index contributed by atoms with van der Waals surface area (Å²) in [6, 6.07) is 27.2. The Labute approximate surface area is 185 Å². The smallest absolute Gasteiger partial charge is 0.492 e. The molecule has 158 valence electrons. The van der Waals surface area contributed by atoms with E-state index in [1.54, 1.807) is 0 Å². The molecule has 0 aliphatic carbocycles. The molecule has 0 aromatic heterocycles. The van der Waals surface area contributed by atoms with E-state index in [0.717, 1.165) is 59.7 Å². The summed E-state index contributed by atoms with van der Waals surface area (Å²) >= 11 is 0. The third kappa shape index (κ3) is 5.85. The average molecular weight is 413 g/mol. The molecule has 4 rings (SSSR count). The maximum atomic E-state index is 5.78. The van der Waals surface area contributed by atoms with Crippen molar-refractivity contribution in [2.75, 3.05) is 33.4 Å². The lowest BCUT2D eigenvalue weighted by molar-refractivity contribution is 0.143. The van der Waals surface area contributed by atoms with E-state index in [1.807, 2.05) is 25.2 Å². The van der Waals surface area contributed by atoms with Crippen LogP contribution in [0.25, 0.3) is 11.6 Å². The van der Waals surface area contributed by atoms with Crippen molar-refractivity contribution >= 4 is 24.2 Å². The first kappa shape index (κ1) is 21.4. The van der Waals surface area contributed by atoms with E-state index in [4.69, 9.17) is 14.0 Å². The van der Waals surface area contributed by atoms with E-state index in [-0.39, 0.29) is 7.12 Å². The van der Waals surface area contributed by atoms with Crippen molar-refractivity contribution in [3.05, 3.63) is 95.6 Å². The van der Waals surface area contributed by atoms with Gasteiger partial charge < -0.3 is 19.4 Å². The largest absolute Gasteiger partial charge is 0.493 e. The number of hydrogen-bond acceptors (Lipinski definition) is 4. The third-order valence-corrected chi connectivity index (χ3v) is 5.22. The van der Waals surface area contributed by atoms with Gasteiger partial charge in [-0.2, -0.15) is 0 Å². The summed E-state index contributed by atoms with van der Waals surface area (Å²) in [6.45, 7) is 2.96. The first-order valence-corrected chi connectivity index (χ1v) is 10.8. The maximum absolute atomic E-state index is 5.78. The minimum absolute atomic E-state index is 0.265. The second-order valence-corrected chi connectivity index (χ2v) is 7.49. The van der Waals surface area contributed by atoms with Crippen LogP contribution in [-0.2, 0) is 9.31 Å². The molecular formula is C26H28BNO3. The Kier molecular flexibility index (Phi) is 7.56. The number of benzene rings is 3. The van der Waals surface area contributed by atoms with E-state index < -0.39 is 0 Å². The minimum Gasteiger partial charge on any atom is -0.492 e. The highest BCUT2D eigenvalue weighted by molar-refractivity contribution is 6.61. The highest BCUT2D eigenvalue weighted by Gasteiger charge is 2.24. The van der Waals surface area contributed by atoms with Gasteiger partial charge in [-0.3, -0.25) is 0 Å². The summed E-state index contributed by atoms with van der Waals surface area (Å²) < 4.78 is 17.3. The lowest BCUT2D eigenvalue weighted by Crippen LogP contribution is -2.40. The summed E-state index contributed by atoms with van der Waals surface area (Å²) in [7, 11) is 1.66. The number of likely N-dealkylation sites (N-methyl/N-ethyl adjacent to an activating group) is 1. The van der Waals surface area contributed by atoms with Crippen LogP contribution >= 0.6 is 0 Å². The van der Waals surface area contributed by atoms with Crippen LogP contribution in [0.15, 0.2) is 78.9 Å². The lowest BCUT2D eigenvalue weighted by Gasteiger charge is -2.20. The van der Waals surface area contributed by atoms with Gasteiger partial charge in [-0.15, -0.1) is 0 Å². The first-order chi connectivity index (χ1) is 15.3. The van der Waals surface area contributed by atoms with Gasteiger partial charge in [-0.1, -0.05) is 66.7 Å². The molecule has 3 aromatic rings. The molecule has 0 atom stereocenters. The molecule has 3 aromatic carbocycles. The van der Waals surface area contributed by atoms with Crippen molar-refractivity contribution in [1.82, 2.24) is 5.32 Å². The summed E-state index contributed by atoms with van der Waals surface area (Å²) in [5.41, 5.74) is 5.66. The van der Waals surface area contributed by atoms with Crippen LogP contribution in [0.2, 0.25) is 0 Å². The molecule has 0 saturated carbocycles. The first-order valence-electron chi connectivity index (χ1n) is 10.8. The highest BCUT2D eigenvalue weighted by Crippen LogP contribution is 2.27. The number of ether oxygens (including phenoxy) is 1. The van der Waals surface area contributed by atoms with Gasteiger partial charge in [0.15, 0.2) is 0 Å². The predicted octanol–water partition coefficient (Wildman–Crippen LogP) is 4.01. The van der Waals surface area contributed by atoms with Gasteiger partial charge >= 0.3 is 7.12 Å². The Bertz CT molecular complexity index is 966. The summed E-state index contributed by atoms with van der Waals surface area (Å²) in [5.74, 6) is 0.875. The van der Waals surface area contributed by atoms with Gasteiger partial charge in [0.25, 0.3) is 0 Å². The van der Waals surface area contributed by atoms with Crippen LogP contribution in [0.5, 0.6) is 5.75 Å². The molecule has 0 unspecified atom stereocenters. The van der Waals surface area contributed by atoms with Crippen molar-refractivity contribution in [3.8, 4) is 5.75 Å². The molecule has 1 heterocycles. The zero-order valence-electron chi connectivity index (χ0n) is 17.9. The molecule has 1 N–H and O–H groups in total. The fourth-order valence-corrected chi connectivity index (χ4v) is 3.55. The van der Waals surface area contributed by atoms with Gasteiger partial charge in [0, 0.05) is 19.8 Å². The van der Waals surface area contributed by atoms with E-state index in [2.05, 4.69) is 72.1 Å². The summed E-state index contributed by atoms with van der Waals surface area (Å²) in [6.07, 6.45) is 3.17. The molecule has 1 aliphatic heterocycles. The fraction of sp³-hybridized carbons (Fsp3) is 0.231. The molecule has 1 fully saturated rings. The van der Waals surface area contributed by atoms with Gasteiger partial charge in [0.1, 0.15) is 12.4 Å². The topological polar surface area (TPSA) is 39.7 Å². The van der Waals surface area contributed by atoms with Crippen LogP contribution in [-0.4, -0.2) is 40.5 Å². The SMILES string of the molecule is CNCCOc1ccc(C(=Cc2ccccc2)c2ccc(B3OCCCO3)cc2)cc1. The molecule has 0 spiro atoms. The third-order valence-electron chi connectivity index (χ3n) is 5.22. The zero-order valence-corrected chi connectivity index (χ0v) is 17.9. The van der Waals surface area contributed by atoms with Crippen LogP contribution in [0.3, 0.4) is 0 Å². The molecular weight excluding hydrogens is 385 g/mol. The molecule has 0 bridgehead atoms. The zero-order chi connectivity index (χ0) is 21.3. The molecule has 4 nitrogen and oxygen atoms in total. The molecule has 0 amide bonds. The number of hydrogen-bond donors (Lipinski definition) is 1. The van der Waals surface area contributed by atoms with E-state index >= 15 is 0 Å². The Balaban J connectivity index is 1.61. The molecule has 31 heavy (non-hydrogen) atoms. The Morgan fingerprint density at radius 3 is 2.19 bits per heavy atom. The summed E-state index contributed by atoms with van der Waals surface area (Å²) in [4.78, 5) is 0. The van der Waals surface area contributed by atoms with Crippen molar-refractivity contribution in [3.63, 3.8) is 0 Å². The number of nitrogens with one attached hydrogen (secondary N) is 1. The van der Waals surface area contributed by atoms with E-state index in [9.17, 15) is 0 Å². The average Bonchev–Trinajstić information content (AvgIpc) is 2.85. The predicted molar refractivity (Wildman–Crippen MR) is 128 cm³/mol. The van der Waals surface area contributed by atoms with Gasteiger partial charge in [0.05, 0.1) is 0 Å². The molecule has 1 aliphatic rings. The van der Waals surface area contributed by atoms with Crippen molar-refractivity contribution < 1.29 is 14.0 Å². The van der Waals surface area contributed by atoms with Crippen LogP contribution < -0.4 is 15.5 Å². The fourth-order valence-electron chi connectivity index (χ4n) is 3.55. The normalized spacial score (nSPS) is 14.5. The number of rotatable bonds is 8. The quantitative estimate of drug-likeness (QED) is 0.344. The molecule has 5 heteroatoms. The van der Waals surface area contributed by atoms with Gasteiger partial charge in [-0.25, -0.2) is 0 Å². The van der Waals surface area contributed by atoms with Crippen molar-refractivity contribution in [2.45, 2.75) is 6.42 Å². The monoisotopic (exact) mass is 413 g/mol. The molecule has 1 saturated heterocycles. The Morgan fingerprint density at radius 2 is 1.55 bits per heavy atom. The van der Waals surface area contributed by atoms with E-state index in [1.165, 1.54) is 0 Å². The van der Waals surface area contributed by atoms with E-state index in [0.29, 0.717) is 6.61 Å². The van der Waals surface area contributed by atoms with Crippen LogP contribution in [0, 0.1) is 0 Å². The lowest BCUT2D eigenvalue weighted by atomic mass is 9.77. The van der Waals surface area contributed by atoms with Crippen LogP contribution in [0.1, 0.15) is 23.1 Å². The minimum atomic E-state index is -0.265. The Hall–Kier alpha value is -2.86. The summed E-state index contributed by atoms with van der Waals surface area (Å²) in [5, 5.41) is 3.09. The molecule has 0 radical (unpaired) electrons. The Morgan fingerprint density at radius 1 is 0.903 bits per heavy atom. The van der Waals surface area contributed by atoms with Crippen LogP contribution in [0.4, 0.5) is 0 Å². The van der Waals surface area contributed by atoms with Gasteiger partial charge in [-0.05, 0) is 59.4 Å². The van der Waals surface area contributed by atoms with Gasteiger partial charge in [0.2, 0.25) is 0 Å². The highest BCUT2D eigenvalue weighted by atomic mass is 16.6.